The van der Waals surface area contributed by atoms with Gasteiger partial charge in [0.1, 0.15) is 22.5 Å². The summed E-state index contributed by atoms with van der Waals surface area (Å²) in [5, 5.41) is 2.75. The number of primary amides is 1. The van der Waals surface area contributed by atoms with Gasteiger partial charge in [-0.05, 0) is 76.9 Å². The van der Waals surface area contributed by atoms with Crippen molar-refractivity contribution < 1.29 is 23.9 Å². The molecule has 1 aromatic heterocycles. The van der Waals surface area contributed by atoms with E-state index in [-0.39, 0.29) is 6.54 Å². The second-order valence-corrected chi connectivity index (χ2v) is 11.1. The Morgan fingerprint density at radius 3 is 2.38 bits per heavy atom. The van der Waals surface area contributed by atoms with E-state index in [4.69, 9.17) is 15.2 Å². The minimum Gasteiger partial charge on any atom is -0.444 e. The molecule has 0 saturated heterocycles. The number of carbonyl (C=O) groups excluding carboxylic acids is 3. The summed E-state index contributed by atoms with van der Waals surface area (Å²) in [6.07, 6.45) is -0.602. The van der Waals surface area contributed by atoms with E-state index in [2.05, 4.69) is 15.3 Å². The number of benzene rings is 2. The van der Waals surface area contributed by atoms with E-state index in [1.165, 1.54) is 0 Å². The van der Waals surface area contributed by atoms with E-state index in [0.29, 0.717) is 34.5 Å². The Morgan fingerprint density at radius 1 is 1.03 bits per heavy atom. The van der Waals surface area contributed by atoms with Crippen molar-refractivity contribution in [3.05, 3.63) is 58.9 Å². The molecule has 3 amide bonds. The zero-order valence-electron chi connectivity index (χ0n) is 22.0. The fourth-order valence-corrected chi connectivity index (χ4v) is 4.25. The number of imidazole rings is 1. The number of hydrogen-bond donors (Lipinski definition) is 3. The number of amides is 3. The minimum absolute atomic E-state index is 0.235. The number of para-hydroxylation sites is 1. The third kappa shape index (κ3) is 6.02. The molecule has 10 nitrogen and oxygen atoms in total. The maximum Gasteiger partial charge on any atom is 0.412 e. The highest BCUT2D eigenvalue weighted by Gasteiger charge is 2.36. The molecule has 0 saturated carbocycles. The number of nitrogens with one attached hydrogen (secondary N) is 2. The van der Waals surface area contributed by atoms with Crippen LogP contribution < -0.4 is 11.1 Å². The number of hydrogen-bond acceptors (Lipinski definition) is 6. The molecule has 0 aliphatic carbocycles. The fraction of sp³-hybridized carbons (Fsp3) is 0.407. The van der Waals surface area contributed by atoms with Crippen LogP contribution in [-0.4, -0.2) is 44.2 Å². The van der Waals surface area contributed by atoms with Crippen LogP contribution in [0, 0.1) is 0 Å². The van der Waals surface area contributed by atoms with Crippen molar-refractivity contribution in [3.63, 3.8) is 0 Å². The SMILES string of the molecule is CC(C)(C)OC(=O)Nc1ccc2c(c1)CN(C(=O)OC(C)(C)C)C(c1nc3c(C(N)=O)cccc3[nH]1)C2. The third-order valence-corrected chi connectivity index (χ3v) is 5.72. The number of nitrogens with zero attached hydrogens (tertiary/aromatic N) is 2. The second kappa shape index (κ2) is 9.42. The average molecular weight is 508 g/mol. The van der Waals surface area contributed by atoms with E-state index in [9.17, 15) is 14.4 Å². The Morgan fingerprint density at radius 2 is 1.73 bits per heavy atom. The summed E-state index contributed by atoms with van der Waals surface area (Å²) in [7, 11) is 0. The maximum absolute atomic E-state index is 13.3. The molecule has 4 rings (SSSR count). The average Bonchev–Trinajstić information content (AvgIpc) is 3.19. The second-order valence-electron chi connectivity index (χ2n) is 11.1. The summed E-state index contributed by atoms with van der Waals surface area (Å²) in [4.78, 5) is 47.0. The lowest BCUT2D eigenvalue weighted by atomic mass is 9.93. The first kappa shape index (κ1) is 26.0. The summed E-state index contributed by atoms with van der Waals surface area (Å²) in [5.41, 5.74) is 8.05. The lowest BCUT2D eigenvalue weighted by Gasteiger charge is -2.37. The standard InChI is InChI=1S/C27H33N5O5/c1-26(2,3)36-24(34)29-17-11-10-15-13-20(32(14-16(15)12-17)25(35)37-27(4,5)6)23-30-19-9-7-8-18(22(28)33)21(19)31-23/h7-12,20H,13-14H2,1-6H3,(H2,28,33)(H,29,34)(H,30,31). The van der Waals surface area contributed by atoms with Crippen LogP contribution in [-0.2, 0) is 22.4 Å². The Balaban J connectivity index is 1.69. The number of H-pyrrole nitrogens is 1. The van der Waals surface area contributed by atoms with Gasteiger partial charge in [-0.25, -0.2) is 14.6 Å². The number of anilines is 1. The van der Waals surface area contributed by atoms with Gasteiger partial charge in [-0.1, -0.05) is 12.1 Å². The molecule has 0 bridgehead atoms. The van der Waals surface area contributed by atoms with Crippen molar-refractivity contribution in [1.82, 2.24) is 14.9 Å². The summed E-state index contributed by atoms with van der Waals surface area (Å²) in [6, 6.07) is 10.2. The first-order valence-electron chi connectivity index (χ1n) is 12.1. The highest BCUT2D eigenvalue weighted by molar-refractivity contribution is 6.04. The van der Waals surface area contributed by atoms with Crippen LogP contribution in [0.25, 0.3) is 11.0 Å². The van der Waals surface area contributed by atoms with Gasteiger partial charge in [-0.3, -0.25) is 15.0 Å². The highest BCUT2D eigenvalue weighted by atomic mass is 16.6. The molecule has 3 aromatic rings. The fourth-order valence-electron chi connectivity index (χ4n) is 4.25. The van der Waals surface area contributed by atoms with Crippen molar-refractivity contribution >= 4 is 34.8 Å². The maximum atomic E-state index is 13.3. The lowest BCUT2D eigenvalue weighted by Crippen LogP contribution is -2.42. The number of aromatic nitrogens is 2. The molecule has 1 aliphatic rings. The van der Waals surface area contributed by atoms with E-state index in [1.54, 1.807) is 64.6 Å². The summed E-state index contributed by atoms with van der Waals surface area (Å²) < 4.78 is 11.1. The van der Waals surface area contributed by atoms with Crippen LogP contribution in [0.3, 0.4) is 0 Å². The number of carbonyl (C=O) groups is 3. The molecule has 2 heterocycles. The van der Waals surface area contributed by atoms with Crippen molar-refractivity contribution in [2.45, 2.75) is 71.8 Å². The third-order valence-electron chi connectivity index (χ3n) is 5.72. The van der Waals surface area contributed by atoms with Gasteiger partial charge in [0, 0.05) is 12.1 Å². The number of aromatic amines is 1. The predicted molar refractivity (Wildman–Crippen MR) is 139 cm³/mol. The van der Waals surface area contributed by atoms with Crippen molar-refractivity contribution in [2.24, 2.45) is 5.73 Å². The molecule has 0 spiro atoms. The van der Waals surface area contributed by atoms with Gasteiger partial charge in [-0.15, -0.1) is 0 Å². The summed E-state index contributed by atoms with van der Waals surface area (Å²) >= 11 is 0. The molecule has 4 N–H and O–H groups in total. The van der Waals surface area contributed by atoms with Gasteiger partial charge in [0.15, 0.2) is 0 Å². The predicted octanol–water partition coefficient (Wildman–Crippen LogP) is 5.04. The zero-order chi connectivity index (χ0) is 27.1. The van der Waals surface area contributed by atoms with Crippen LogP contribution in [0.2, 0.25) is 0 Å². The van der Waals surface area contributed by atoms with Gasteiger partial charge in [0.25, 0.3) is 5.91 Å². The normalized spacial score (nSPS) is 15.7. The smallest absolute Gasteiger partial charge is 0.412 e. The van der Waals surface area contributed by atoms with Gasteiger partial charge < -0.3 is 20.2 Å². The monoisotopic (exact) mass is 507 g/mol. The van der Waals surface area contributed by atoms with E-state index < -0.39 is 35.3 Å². The zero-order valence-corrected chi connectivity index (χ0v) is 22.0. The molecular weight excluding hydrogens is 474 g/mol. The van der Waals surface area contributed by atoms with Crippen molar-refractivity contribution in [1.29, 1.82) is 0 Å². The molecule has 1 atom stereocenters. The number of fused-ring (bicyclic) bond motifs is 2. The summed E-state index contributed by atoms with van der Waals surface area (Å²) in [5.74, 6) is -0.0529. The van der Waals surface area contributed by atoms with Gasteiger partial charge in [0.2, 0.25) is 0 Å². The molecule has 1 aliphatic heterocycles. The topological polar surface area (TPSA) is 140 Å². The molecule has 196 valence electrons. The van der Waals surface area contributed by atoms with Gasteiger partial charge in [-0.2, -0.15) is 0 Å². The molecule has 0 fully saturated rings. The molecule has 10 heteroatoms. The van der Waals surface area contributed by atoms with E-state index >= 15 is 0 Å². The molecule has 37 heavy (non-hydrogen) atoms. The molecule has 1 unspecified atom stereocenters. The first-order valence-corrected chi connectivity index (χ1v) is 12.1. The van der Waals surface area contributed by atoms with E-state index in [0.717, 1.165) is 11.1 Å². The highest BCUT2D eigenvalue weighted by Crippen LogP contribution is 2.35. The van der Waals surface area contributed by atoms with Crippen LogP contribution in [0.15, 0.2) is 36.4 Å². The Kier molecular flexibility index (Phi) is 6.62. The Bertz CT molecular complexity index is 1370. The first-order chi connectivity index (χ1) is 17.2. The number of ether oxygens (including phenoxy) is 2. The molecule has 2 aromatic carbocycles. The summed E-state index contributed by atoms with van der Waals surface area (Å²) in [6.45, 7) is 11.0. The Labute approximate surface area is 215 Å². The van der Waals surface area contributed by atoms with Crippen molar-refractivity contribution in [2.75, 3.05) is 5.32 Å². The lowest BCUT2D eigenvalue weighted by molar-refractivity contribution is 0.0107. The Hall–Kier alpha value is -4.08. The van der Waals surface area contributed by atoms with E-state index in [1.807, 2.05) is 18.2 Å². The van der Waals surface area contributed by atoms with Crippen LogP contribution in [0.1, 0.15) is 74.9 Å². The van der Waals surface area contributed by atoms with Gasteiger partial charge >= 0.3 is 12.2 Å². The van der Waals surface area contributed by atoms with Crippen LogP contribution >= 0.6 is 0 Å². The van der Waals surface area contributed by atoms with Gasteiger partial charge in [0.05, 0.1) is 23.7 Å². The van der Waals surface area contributed by atoms with Crippen molar-refractivity contribution in [3.8, 4) is 0 Å². The number of nitrogens with two attached hydrogens (primary N) is 1. The van der Waals surface area contributed by atoms with Crippen LogP contribution in [0.5, 0.6) is 0 Å². The minimum atomic E-state index is -0.699. The largest absolute Gasteiger partial charge is 0.444 e. The van der Waals surface area contributed by atoms with Crippen LogP contribution in [0.4, 0.5) is 15.3 Å². The quantitative estimate of drug-likeness (QED) is 0.454. The molecule has 0 radical (unpaired) electrons. The molecular formula is C27H33N5O5. The number of rotatable bonds is 3.